The van der Waals surface area contributed by atoms with E-state index in [-0.39, 0.29) is 0 Å². The van der Waals surface area contributed by atoms with Crippen molar-refractivity contribution in [2.45, 2.75) is 13.3 Å². The molecule has 1 N–H and O–H groups in total. The zero-order chi connectivity index (χ0) is 13.0. The maximum Gasteiger partial charge on any atom is 0.130 e. The van der Waals surface area contributed by atoms with E-state index >= 15 is 0 Å². The molecule has 0 amide bonds. The number of nitrogens with one attached hydrogen (secondary N) is 1. The van der Waals surface area contributed by atoms with E-state index in [1.165, 1.54) is 0 Å². The summed E-state index contributed by atoms with van der Waals surface area (Å²) in [6.07, 6.45) is 1.09. The fourth-order valence-electron chi connectivity index (χ4n) is 1.57. The summed E-state index contributed by atoms with van der Waals surface area (Å²) in [5.74, 6) is 2.30. The fourth-order valence-corrected chi connectivity index (χ4v) is 3.39. The lowest BCUT2D eigenvalue weighted by Gasteiger charge is -2.11. The number of benzene rings is 1. The first kappa shape index (κ1) is 14.2. The van der Waals surface area contributed by atoms with Gasteiger partial charge in [0.15, 0.2) is 0 Å². The number of hydrogen-bond acceptors (Lipinski definition) is 4. The third kappa shape index (κ3) is 3.20. The van der Waals surface area contributed by atoms with Gasteiger partial charge in [-0.25, -0.2) is 0 Å². The highest BCUT2D eigenvalue weighted by molar-refractivity contribution is 7.99. The Morgan fingerprint density at radius 1 is 1.28 bits per heavy atom. The molecule has 2 rings (SSSR count). The van der Waals surface area contributed by atoms with Crippen LogP contribution in [0.15, 0.2) is 14.8 Å². The molecule has 0 radical (unpaired) electrons. The summed E-state index contributed by atoms with van der Waals surface area (Å²) in [5.41, 5.74) is 2.32. The van der Waals surface area contributed by atoms with Gasteiger partial charge in [-0.05, 0) is 24.0 Å². The predicted molar refractivity (Wildman–Crippen MR) is 84.1 cm³/mol. The first-order valence-electron chi connectivity index (χ1n) is 5.66. The van der Waals surface area contributed by atoms with Crippen molar-refractivity contribution in [1.82, 2.24) is 0 Å². The molecule has 0 bridgehead atoms. The maximum absolute atomic E-state index is 6.19. The number of nitrogens with zero attached hydrogens (tertiary/aromatic N) is 2. The van der Waals surface area contributed by atoms with E-state index in [1.807, 2.05) is 11.8 Å². The number of thioether (sulfide) groups is 1. The predicted octanol–water partition coefficient (Wildman–Crippen LogP) is 5.27. The SMILES string of the molecule is CCSCCCNc1c(Cl)cc(Cl)c2c1N=S=N2. The second-order valence-corrected chi connectivity index (χ2v) is 6.39. The molecule has 0 fully saturated rings. The quantitative estimate of drug-likeness (QED) is 0.735. The van der Waals surface area contributed by atoms with Crippen LogP contribution >= 0.6 is 35.0 Å². The molecule has 18 heavy (non-hydrogen) atoms. The van der Waals surface area contributed by atoms with Crippen LogP contribution in [-0.4, -0.2) is 18.1 Å². The van der Waals surface area contributed by atoms with Crippen LogP contribution in [0.5, 0.6) is 0 Å². The van der Waals surface area contributed by atoms with Gasteiger partial charge in [0.2, 0.25) is 0 Å². The topological polar surface area (TPSA) is 36.8 Å². The van der Waals surface area contributed by atoms with Crippen molar-refractivity contribution in [3.8, 4) is 0 Å². The van der Waals surface area contributed by atoms with Crippen LogP contribution in [0.1, 0.15) is 13.3 Å². The zero-order valence-corrected chi connectivity index (χ0v) is 13.0. The molecule has 1 aromatic rings. The standard InChI is InChI=1S/C11H13Cl2N3S2/c1-2-17-5-3-4-14-9-7(12)6-8(13)10-11(9)16-18-15-10/h6,14H,2-5H2,1H3. The monoisotopic (exact) mass is 321 g/mol. The van der Waals surface area contributed by atoms with Gasteiger partial charge in [0.1, 0.15) is 11.4 Å². The van der Waals surface area contributed by atoms with Gasteiger partial charge < -0.3 is 5.32 Å². The van der Waals surface area contributed by atoms with Gasteiger partial charge in [-0.3, -0.25) is 0 Å². The average Bonchev–Trinajstić information content (AvgIpc) is 2.82. The summed E-state index contributed by atoms with van der Waals surface area (Å²) in [6, 6.07) is 1.72. The average molecular weight is 322 g/mol. The molecule has 0 aliphatic carbocycles. The first-order valence-corrected chi connectivity index (χ1v) is 8.30. The molecule has 1 aromatic carbocycles. The van der Waals surface area contributed by atoms with Gasteiger partial charge in [0, 0.05) is 6.54 Å². The molecule has 1 heterocycles. The minimum atomic E-state index is 0.552. The van der Waals surface area contributed by atoms with Crippen molar-refractivity contribution >= 4 is 63.4 Å². The van der Waals surface area contributed by atoms with Crippen molar-refractivity contribution in [3.05, 3.63) is 16.1 Å². The molecule has 0 saturated heterocycles. The highest BCUT2D eigenvalue weighted by atomic mass is 35.5. The molecular formula is C11H13Cl2N3S2. The van der Waals surface area contributed by atoms with E-state index in [0.717, 1.165) is 52.9 Å². The second-order valence-electron chi connectivity index (χ2n) is 3.65. The number of halogens is 2. The summed E-state index contributed by atoms with van der Waals surface area (Å²) < 4.78 is 8.42. The van der Waals surface area contributed by atoms with Crippen LogP contribution in [-0.2, 0) is 11.4 Å². The van der Waals surface area contributed by atoms with Gasteiger partial charge in [-0.15, -0.1) is 0 Å². The molecule has 98 valence electrons. The van der Waals surface area contributed by atoms with Gasteiger partial charge >= 0.3 is 0 Å². The Hall–Kier alpha value is -0.230. The number of anilines is 1. The summed E-state index contributed by atoms with van der Waals surface area (Å²) >= 11 is 15.3. The Morgan fingerprint density at radius 3 is 2.83 bits per heavy atom. The lowest BCUT2D eigenvalue weighted by Crippen LogP contribution is -2.03. The van der Waals surface area contributed by atoms with Crippen LogP contribution in [0.25, 0.3) is 0 Å². The van der Waals surface area contributed by atoms with Crippen LogP contribution < -0.4 is 5.32 Å². The molecule has 0 aromatic heterocycles. The largest absolute Gasteiger partial charge is 0.382 e. The summed E-state index contributed by atoms with van der Waals surface area (Å²) in [7, 11) is 0. The number of rotatable bonds is 6. The normalized spacial score (nSPS) is 12.4. The first-order chi connectivity index (χ1) is 8.74. The van der Waals surface area contributed by atoms with Crippen molar-refractivity contribution in [2.24, 2.45) is 8.73 Å². The Morgan fingerprint density at radius 2 is 2.06 bits per heavy atom. The van der Waals surface area contributed by atoms with Crippen LogP contribution in [0, 0.1) is 0 Å². The zero-order valence-electron chi connectivity index (χ0n) is 9.87. The number of hydrogen-bond donors (Lipinski definition) is 1. The Bertz CT molecular complexity index is 514. The lowest BCUT2D eigenvalue weighted by molar-refractivity contribution is 0.992. The molecular weight excluding hydrogens is 309 g/mol. The third-order valence-corrected chi connectivity index (χ3v) is 4.52. The summed E-state index contributed by atoms with van der Waals surface area (Å²) in [6.45, 7) is 3.04. The highest BCUT2D eigenvalue weighted by Crippen LogP contribution is 2.47. The Balaban J connectivity index is 2.05. The van der Waals surface area contributed by atoms with Gasteiger partial charge in [-0.2, -0.15) is 20.5 Å². The second kappa shape index (κ2) is 6.80. The smallest absolute Gasteiger partial charge is 0.130 e. The minimum Gasteiger partial charge on any atom is -0.382 e. The highest BCUT2D eigenvalue weighted by Gasteiger charge is 2.18. The summed E-state index contributed by atoms with van der Waals surface area (Å²) in [5, 5.41) is 4.48. The molecule has 0 saturated carbocycles. The van der Waals surface area contributed by atoms with Crippen molar-refractivity contribution in [3.63, 3.8) is 0 Å². The Kier molecular flexibility index (Phi) is 5.36. The van der Waals surface area contributed by atoms with Crippen LogP contribution in [0.4, 0.5) is 17.1 Å². The van der Waals surface area contributed by atoms with Crippen molar-refractivity contribution < 1.29 is 0 Å². The van der Waals surface area contributed by atoms with Crippen molar-refractivity contribution in [2.75, 3.05) is 23.4 Å². The molecule has 1 aliphatic rings. The maximum atomic E-state index is 6.19. The molecule has 0 atom stereocenters. The van der Waals surface area contributed by atoms with E-state index in [2.05, 4.69) is 21.0 Å². The lowest BCUT2D eigenvalue weighted by atomic mass is 10.2. The van der Waals surface area contributed by atoms with Crippen LogP contribution in [0.3, 0.4) is 0 Å². The molecule has 3 nitrogen and oxygen atoms in total. The fraction of sp³-hybridized carbons (Fsp3) is 0.455. The summed E-state index contributed by atoms with van der Waals surface area (Å²) in [4.78, 5) is 0. The van der Waals surface area contributed by atoms with E-state index < -0.39 is 0 Å². The molecule has 0 unspecified atom stereocenters. The van der Waals surface area contributed by atoms with Gasteiger partial charge in [0.05, 0.1) is 27.1 Å². The number of fused-ring (bicyclic) bond motifs is 1. The van der Waals surface area contributed by atoms with Crippen molar-refractivity contribution in [1.29, 1.82) is 0 Å². The van der Waals surface area contributed by atoms with E-state index in [1.54, 1.807) is 6.07 Å². The molecule has 1 aliphatic heterocycles. The van der Waals surface area contributed by atoms with E-state index in [4.69, 9.17) is 23.2 Å². The van der Waals surface area contributed by atoms with E-state index in [0.29, 0.717) is 10.0 Å². The van der Waals surface area contributed by atoms with Crippen LogP contribution in [0.2, 0.25) is 10.0 Å². The third-order valence-electron chi connectivity index (χ3n) is 2.42. The minimum absolute atomic E-state index is 0.552. The van der Waals surface area contributed by atoms with Gasteiger partial charge in [0.25, 0.3) is 0 Å². The van der Waals surface area contributed by atoms with Gasteiger partial charge in [-0.1, -0.05) is 30.1 Å². The molecule has 7 heteroatoms. The van der Waals surface area contributed by atoms with E-state index in [9.17, 15) is 0 Å². The Labute approximate surface area is 125 Å². The molecule has 0 spiro atoms.